The molecular formula is C13H25N3. The molecule has 0 aromatic heterocycles. The van der Waals surface area contributed by atoms with Gasteiger partial charge in [-0.1, -0.05) is 6.92 Å². The molecule has 16 heavy (non-hydrogen) atoms. The summed E-state index contributed by atoms with van der Waals surface area (Å²) in [4.78, 5) is 2.63. The number of hydrogen-bond acceptors (Lipinski definition) is 2. The lowest BCUT2D eigenvalue weighted by Gasteiger charge is -2.40. The maximum absolute atomic E-state index is 7.46. The summed E-state index contributed by atoms with van der Waals surface area (Å²) in [6.07, 6.45) is 6.05. The summed E-state index contributed by atoms with van der Waals surface area (Å²) >= 11 is 0. The lowest BCUT2D eigenvalue weighted by atomic mass is 9.90. The van der Waals surface area contributed by atoms with Crippen LogP contribution >= 0.6 is 0 Å². The van der Waals surface area contributed by atoms with Crippen LogP contribution in [0.25, 0.3) is 0 Å². The lowest BCUT2D eigenvalue weighted by Crippen LogP contribution is -2.45. The predicted molar refractivity (Wildman–Crippen MR) is 67.6 cm³/mol. The Kier molecular flexibility index (Phi) is 3.24. The van der Waals surface area contributed by atoms with Crippen molar-refractivity contribution >= 4 is 5.84 Å². The lowest BCUT2D eigenvalue weighted by molar-refractivity contribution is 0.0910. The highest BCUT2D eigenvalue weighted by Crippen LogP contribution is 2.50. The van der Waals surface area contributed by atoms with Gasteiger partial charge in [0.15, 0.2) is 0 Å². The predicted octanol–water partition coefficient (Wildman–Crippen LogP) is 2.21. The number of nitrogens with two attached hydrogens (primary N) is 1. The quantitative estimate of drug-likeness (QED) is 0.567. The zero-order chi connectivity index (χ0) is 11.8. The average molecular weight is 223 g/mol. The second-order valence-corrected chi connectivity index (χ2v) is 6.03. The van der Waals surface area contributed by atoms with E-state index in [-0.39, 0.29) is 0 Å². The molecule has 3 N–H and O–H groups in total. The first-order chi connectivity index (χ1) is 7.52. The first-order valence-corrected chi connectivity index (χ1v) is 6.59. The molecule has 3 heteroatoms. The molecule has 1 saturated heterocycles. The molecule has 0 radical (unpaired) electrons. The molecule has 1 heterocycles. The van der Waals surface area contributed by atoms with Gasteiger partial charge in [0.05, 0.1) is 5.84 Å². The van der Waals surface area contributed by atoms with Crippen molar-refractivity contribution in [2.75, 3.05) is 13.1 Å². The highest BCUT2D eigenvalue weighted by atomic mass is 15.2. The second-order valence-electron chi connectivity index (χ2n) is 6.03. The van der Waals surface area contributed by atoms with Crippen molar-refractivity contribution in [3.05, 3.63) is 0 Å². The van der Waals surface area contributed by atoms with E-state index in [1.165, 1.54) is 32.2 Å². The Morgan fingerprint density at radius 3 is 2.69 bits per heavy atom. The van der Waals surface area contributed by atoms with Crippen molar-refractivity contribution in [3.8, 4) is 0 Å². The third kappa shape index (κ3) is 2.57. The Morgan fingerprint density at radius 2 is 2.12 bits per heavy atom. The minimum atomic E-state index is 0.371. The highest BCUT2D eigenvalue weighted by molar-refractivity contribution is 5.78. The largest absolute Gasteiger partial charge is 0.388 e. The molecule has 1 aliphatic carbocycles. The Labute approximate surface area is 98.9 Å². The van der Waals surface area contributed by atoms with Crippen LogP contribution < -0.4 is 5.73 Å². The van der Waals surface area contributed by atoms with E-state index in [1.54, 1.807) is 0 Å². The van der Waals surface area contributed by atoms with E-state index >= 15 is 0 Å². The normalized spacial score (nSPS) is 33.6. The molecule has 1 aliphatic heterocycles. The minimum absolute atomic E-state index is 0.371. The Balaban J connectivity index is 1.91. The molecule has 92 valence electrons. The molecule has 2 aliphatic rings. The molecule has 2 rings (SSSR count). The van der Waals surface area contributed by atoms with Gasteiger partial charge in [-0.05, 0) is 50.5 Å². The van der Waals surface area contributed by atoms with Gasteiger partial charge in [-0.15, -0.1) is 0 Å². The number of nitrogens with one attached hydrogen (secondary N) is 1. The molecule has 3 nitrogen and oxygen atoms in total. The maximum Gasteiger partial charge on any atom is 0.0911 e. The fraction of sp³-hybridized carbons (Fsp3) is 0.923. The van der Waals surface area contributed by atoms with E-state index in [0.29, 0.717) is 17.3 Å². The monoisotopic (exact) mass is 223 g/mol. The smallest absolute Gasteiger partial charge is 0.0911 e. The zero-order valence-electron chi connectivity index (χ0n) is 10.6. The fourth-order valence-electron chi connectivity index (χ4n) is 3.05. The van der Waals surface area contributed by atoms with Crippen molar-refractivity contribution < 1.29 is 0 Å². The van der Waals surface area contributed by atoms with Gasteiger partial charge in [-0.2, -0.15) is 0 Å². The van der Waals surface area contributed by atoms with Crippen LogP contribution in [0.3, 0.4) is 0 Å². The number of hydrogen-bond donors (Lipinski definition) is 2. The van der Waals surface area contributed by atoms with Crippen LogP contribution in [-0.2, 0) is 0 Å². The molecule has 2 atom stereocenters. The van der Waals surface area contributed by atoms with E-state index in [2.05, 4.69) is 18.7 Å². The first-order valence-electron chi connectivity index (χ1n) is 6.59. The zero-order valence-corrected chi connectivity index (χ0v) is 10.6. The molecular weight excluding hydrogens is 198 g/mol. The van der Waals surface area contributed by atoms with E-state index < -0.39 is 0 Å². The van der Waals surface area contributed by atoms with Gasteiger partial charge in [0.2, 0.25) is 0 Å². The van der Waals surface area contributed by atoms with Crippen LogP contribution in [0.5, 0.6) is 0 Å². The molecule has 0 amide bonds. The van der Waals surface area contributed by atoms with Crippen LogP contribution in [0.2, 0.25) is 0 Å². The fourth-order valence-corrected chi connectivity index (χ4v) is 3.05. The van der Waals surface area contributed by atoms with Crippen molar-refractivity contribution in [1.82, 2.24) is 4.90 Å². The van der Waals surface area contributed by atoms with Gasteiger partial charge in [-0.3, -0.25) is 10.3 Å². The van der Waals surface area contributed by atoms with Gasteiger partial charge in [-0.25, -0.2) is 0 Å². The van der Waals surface area contributed by atoms with Crippen molar-refractivity contribution in [1.29, 1.82) is 5.41 Å². The maximum atomic E-state index is 7.46. The highest BCUT2D eigenvalue weighted by Gasteiger charge is 2.45. The van der Waals surface area contributed by atoms with Gasteiger partial charge >= 0.3 is 0 Å². The molecule has 0 aromatic carbocycles. The summed E-state index contributed by atoms with van der Waals surface area (Å²) in [5, 5.41) is 7.46. The molecule has 2 unspecified atom stereocenters. The van der Waals surface area contributed by atoms with Crippen molar-refractivity contribution in [3.63, 3.8) is 0 Å². The SMILES string of the molecule is CC1CCCN(CC2(CC(=N)N)CC2)C1C. The second kappa shape index (κ2) is 4.36. The number of rotatable bonds is 4. The third-order valence-electron chi connectivity index (χ3n) is 4.57. The minimum Gasteiger partial charge on any atom is -0.388 e. The van der Waals surface area contributed by atoms with Crippen molar-refractivity contribution in [2.45, 2.75) is 52.0 Å². The van der Waals surface area contributed by atoms with Crippen LogP contribution in [-0.4, -0.2) is 29.9 Å². The Morgan fingerprint density at radius 1 is 1.44 bits per heavy atom. The van der Waals surface area contributed by atoms with Crippen LogP contribution in [0, 0.1) is 16.7 Å². The summed E-state index contributed by atoms with van der Waals surface area (Å²) < 4.78 is 0. The van der Waals surface area contributed by atoms with E-state index in [4.69, 9.17) is 11.1 Å². The number of amidine groups is 1. The van der Waals surface area contributed by atoms with Gasteiger partial charge in [0.1, 0.15) is 0 Å². The van der Waals surface area contributed by atoms with Gasteiger partial charge < -0.3 is 5.73 Å². The molecule has 0 aromatic rings. The first kappa shape index (κ1) is 11.9. The summed E-state index contributed by atoms with van der Waals surface area (Å²) in [5.41, 5.74) is 5.92. The summed E-state index contributed by atoms with van der Waals surface area (Å²) in [6, 6.07) is 0.707. The number of likely N-dealkylation sites (tertiary alicyclic amines) is 1. The van der Waals surface area contributed by atoms with Crippen LogP contribution in [0.4, 0.5) is 0 Å². The van der Waals surface area contributed by atoms with Crippen molar-refractivity contribution in [2.24, 2.45) is 17.1 Å². The molecule has 0 spiro atoms. The van der Waals surface area contributed by atoms with Gasteiger partial charge in [0.25, 0.3) is 0 Å². The Hall–Kier alpha value is -0.570. The summed E-state index contributed by atoms with van der Waals surface area (Å²) in [7, 11) is 0. The summed E-state index contributed by atoms with van der Waals surface area (Å²) in [6.45, 7) is 7.12. The summed E-state index contributed by atoms with van der Waals surface area (Å²) in [5.74, 6) is 1.19. The van der Waals surface area contributed by atoms with Crippen LogP contribution in [0.1, 0.15) is 46.0 Å². The molecule has 1 saturated carbocycles. The third-order valence-corrected chi connectivity index (χ3v) is 4.57. The topological polar surface area (TPSA) is 53.1 Å². The molecule has 0 bridgehead atoms. The van der Waals surface area contributed by atoms with E-state index in [9.17, 15) is 0 Å². The van der Waals surface area contributed by atoms with E-state index in [1.807, 2.05) is 0 Å². The molecule has 2 fully saturated rings. The number of piperidine rings is 1. The Bertz CT molecular complexity index is 270. The van der Waals surface area contributed by atoms with Gasteiger partial charge in [0, 0.05) is 19.0 Å². The average Bonchev–Trinajstić information content (AvgIpc) is 2.92. The number of nitrogens with zero attached hydrogens (tertiary/aromatic N) is 1. The van der Waals surface area contributed by atoms with Crippen LogP contribution in [0.15, 0.2) is 0 Å². The standard InChI is InChI=1S/C13H25N3/c1-10-4-3-7-16(11(10)2)9-13(5-6-13)8-12(14)15/h10-11H,3-9H2,1-2H3,(H3,14,15). The van der Waals surface area contributed by atoms with E-state index in [0.717, 1.165) is 18.9 Å².